The highest BCUT2D eigenvalue weighted by molar-refractivity contribution is 7.09. The van der Waals surface area contributed by atoms with E-state index in [0.717, 1.165) is 10.6 Å². The molecule has 1 aromatic heterocycles. The van der Waals surface area contributed by atoms with Crippen LogP contribution in [0.15, 0.2) is 17.5 Å². The Balaban J connectivity index is 2.62. The van der Waals surface area contributed by atoms with Crippen molar-refractivity contribution in [3.05, 3.63) is 28.2 Å². The lowest BCUT2D eigenvalue weighted by Crippen LogP contribution is -2.25. The molecule has 0 aromatic carbocycles. The third-order valence-corrected chi connectivity index (χ3v) is 2.74. The van der Waals surface area contributed by atoms with Crippen LogP contribution in [0.2, 0.25) is 0 Å². The molecular weight excluding hydrogens is 210 g/mol. The number of hydrogen-bond acceptors (Lipinski definition) is 4. The fraction of sp³-hybridized carbons (Fsp3) is 0.400. The molecule has 0 saturated heterocycles. The number of hydrogen-bond donors (Lipinski definition) is 2. The van der Waals surface area contributed by atoms with Crippen molar-refractivity contribution in [3.8, 4) is 0 Å². The van der Waals surface area contributed by atoms with Gasteiger partial charge in [0.2, 0.25) is 0 Å². The van der Waals surface area contributed by atoms with Gasteiger partial charge in [-0.3, -0.25) is 4.79 Å². The zero-order valence-corrected chi connectivity index (χ0v) is 9.73. The molecule has 4 nitrogen and oxygen atoms in total. The molecule has 0 aliphatic heterocycles. The van der Waals surface area contributed by atoms with E-state index in [4.69, 9.17) is 5.73 Å². The van der Waals surface area contributed by atoms with Gasteiger partial charge in [0.1, 0.15) is 10.7 Å². The highest BCUT2D eigenvalue weighted by Gasteiger charge is 2.11. The van der Waals surface area contributed by atoms with E-state index in [1.165, 1.54) is 11.3 Å². The van der Waals surface area contributed by atoms with E-state index in [1.54, 1.807) is 5.38 Å². The van der Waals surface area contributed by atoms with Crippen LogP contribution >= 0.6 is 11.3 Å². The molecule has 1 unspecified atom stereocenters. The molecule has 1 aromatic rings. The molecule has 0 spiro atoms. The largest absolute Gasteiger partial charge is 0.347 e. The number of rotatable bonds is 4. The molecule has 0 saturated carbocycles. The molecule has 3 N–H and O–H groups in total. The summed E-state index contributed by atoms with van der Waals surface area (Å²) >= 11 is 1.40. The van der Waals surface area contributed by atoms with Crippen molar-refractivity contribution in [2.24, 2.45) is 5.73 Å². The van der Waals surface area contributed by atoms with Crippen molar-refractivity contribution in [1.29, 1.82) is 0 Å². The molecule has 1 heterocycles. The molecule has 0 aliphatic rings. The fourth-order valence-electron chi connectivity index (χ4n) is 0.923. The van der Waals surface area contributed by atoms with E-state index >= 15 is 0 Å². The third-order valence-electron chi connectivity index (χ3n) is 1.69. The zero-order valence-electron chi connectivity index (χ0n) is 8.91. The van der Waals surface area contributed by atoms with Crippen molar-refractivity contribution in [2.75, 3.05) is 6.54 Å². The normalized spacial score (nSPS) is 12.2. The van der Waals surface area contributed by atoms with Gasteiger partial charge in [-0.25, -0.2) is 4.98 Å². The van der Waals surface area contributed by atoms with Crippen LogP contribution in [0.1, 0.15) is 35.4 Å². The first kappa shape index (κ1) is 11.9. The molecule has 1 atom stereocenters. The Morgan fingerprint density at radius 1 is 1.80 bits per heavy atom. The monoisotopic (exact) mass is 225 g/mol. The Hall–Kier alpha value is -1.20. The van der Waals surface area contributed by atoms with Gasteiger partial charge in [0, 0.05) is 11.9 Å². The summed E-state index contributed by atoms with van der Waals surface area (Å²) in [4.78, 5) is 15.7. The third kappa shape index (κ3) is 3.45. The Bertz CT molecular complexity index is 370. The van der Waals surface area contributed by atoms with Crippen molar-refractivity contribution in [2.45, 2.75) is 19.9 Å². The van der Waals surface area contributed by atoms with Gasteiger partial charge in [-0.2, -0.15) is 0 Å². The van der Waals surface area contributed by atoms with Crippen LogP contribution in [-0.4, -0.2) is 17.4 Å². The van der Waals surface area contributed by atoms with E-state index in [0.29, 0.717) is 12.2 Å². The molecule has 0 fully saturated rings. The van der Waals surface area contributed by atoms with Gasteiger partial charge in [-0.1, -0.05) is 12.2 Å². The second kappa shape index (κ2) is 5.04. The molecular formula is C10H15N3OS. The molecule has 82 valence electrons. The van der Waals surface area contributed by atoms with Crippen LogP contribution in [0.5, 0.6) is 0 Å². The van der Waals surface area contributed by atoms with Crippen molar-refractivity contribution in [3.63, 3.8) is 0 Å². The SMILES string of the molecule is C=C(C)CNC(=O)c1csc(C(C)N)n1. The molecule has 0 aliphatic carbocycles. The first-order chi connectivity index (χ1) is 7.00. The Morgan fingerprint density at radius 2 is 2.47 bits per heavy atom. The summed E-state index contributed by atoms with van der Waals surface area (Å²) in [6, 6.07) is -0.127. The number of aromatic nitrogens is 1. The van der Waals surface area contributed by atoms with Crippen molar-refractivity contribution < 1.29 is 4.79 Å². The zero-order chi connectivity index (χ0) is 11.4. The predicted molar refractivity (Wildman–Crippen MR) is 61.9 cm³/mol. The minimum Gasteiger partial charge on any atom is -0.347 e. The minimum atomic E-state index is -0.179. The minimum absolute atomic E-state index is 0.127. The number of nitrogens with two attached hydrogens (primary N) is 1. The lowest BCUT2D eigenvalue weighted by Gasteiger charge is -2.01. The van der Waals surface area contributed by atoms with Gasteiger partial charge < -0.3 is 11.1 Å². The van der Waals surface area contributed by atoms with E-state index in [-0.39, 0.29) is 11.9 Å². The van der Waals surface area contributed by atoms with Gasteiger partial charge in [0.05, 0.1) is 6.04 Å². The standard InChI is InChI=1S/C10H15N3OS/c1-6(2)4-12-9(14)8-5-15-10(13-8)7(3)11/h5,7H,1,4,11H2,2-3H3,(H,12,14). The van der Waals surface area contributed by atoms with Crippen LogP contribution in [0.3, 0.4) is 0 Å². The summed E-state index contributed by atoms with van der Waals surface area (Å²) < 4.78 is 0. The Labute approximate surface area is 93.2 Å². The maximum absolute atomic E-state index is 11.5. The summed E-state index contributed by atoms with van der Waals surface area (Å²) in [5.41, 5.74) is 6.98. The van der Waals surface area contributed by atoms with Crippen LogP contribution in [0.4, 0.5) is 0 Å². The molecule has 5 heteroatoms. The van der Waals surface area contributed by atoms with Gasteiger partial charge in [-0.05, 0) is 13.8 Å². The fourth-order valence-corrected chi connectivity index (χ4v) is 1.68. The number of carbonyl (C=O) groups is 1. The summed E-state index contributed by atoms with van der Waals surface area (Å²) in [5.74, 6) is -0.179. The lowest BCUT2D eigenvalue weighted by molar-refractivity contribution is 0.0952. The van der Waals surface area contributed by atoms with E-state index in [2.05, 4.69) is 16.9 Å². The van der Waals surface area contributed by atoms with Crippen molar-refractivity contribution in [1.82, 2.24) is 10.3 Å². The summed E-state index contributed by atoms with van der Waals surface area (Å²) in [6.07, 6.45) is 0. The van der Waals surface area contributed by atoms with E-state index < -0.39 is 0 Å². The first-order valence-corrected chi connectivity index (χ1v) is 5.52. The lowest BCUT2D eigenvalue weighted by atomic mass is 10.3. The summed E-state index contributed by atoms with van der Waals surface area (Å²) in [7, 11) is 0. The maximum atomic E-state index is 11.5. The highest BCUT2D eigenvalue weighted by atomic mass is 32.1. The van der Waals surface area contributed by atoms with E-state index in [9.17, 15) is 4.79 Å². The Morgan fingerprint density at radius 3 is 2.93 bits per heavy atom. The average Bonchev–Trinajstić information content (AvgIpc) is 2.62. The van der Waals surface area contributed by atoms with Gasteiger partial charge in [0.25, 0.3) is 5.91 Å². The van der Waals surface area contributed by atoms with Crippen molar-refractivity contribution >= 4 is 17.2 Å². The number of nitrogens with zero attached hydrogens (tertiary/aromatic N) is 1. The van der Waals surface area contributed by atoms with E-state index in [1.807, 2.05) is 13.8 Å². The smallest absolute Gasteiger partial charge is 0.271 e. The highest BCUT2D eigenvalue weighted by Crippen LogP contribution is 2.15. The number of amides is 1. The van der Waals surface area contributed by atoms with Crippen LogP contribution in [0.25, 0.3) is 0 Å². The predicted octanol–water partition coefficient (Wildman–Crippen LogP) is 1.47. The average molecular weight is 225 g/mol. The van der Waals surface area contributed by atoms with Crippen LogP contribution < -0.4 is 11.1 Å². The second-order valence-corrected chi connectivity index (χ2v) is 4.39. The first-order valence-electron chi connectivity index (χ1n) is 4.64. The Kier molecular flexibility index (Phi) is 3.99. The van der Waals surface area contributed by atoms with Gasteiger partial charge in [0.15, 0.2) is 0 Å². The second-order valence-electron chi connectivity index (χ2n) is 3.50. The number of thiazole rings is 1. The maximum Gasteiger partial charge on any atom is 0.271 e. The topological polar surface area (TPSA) is 68.0 Å². The quantitative estimate of drug-likeness (QED) is 0.762. The summed E-state index contributed by atoms with van der Waals surface area (Å²) in [5, 5.41) is 5.20. The van der Waals surface area contributed by atoms with Gasteiger partial charge in [-0.15, -0.1) is 11.3 Å². The number of carbonyl (C=O) groups excluding carboxylic acids is 1. The molecule has 1 amide bonds. The molecule has 1 rings (SSSR count). The summed E-state index contributed by atoms with van der Waals surface area (Å²) in [6.45, 7) is 7.88. The number of nitrogens with one attached hydrogen (secondary N) is 1. The van der Waals surface area contributed by atoms with Crippen LogP contribution in [0, 0.1) is 0 Å². The van der Waals surface area contributed by atoms with Crippen LogP contribution in [-0.2, 0) is 0 Å². The molecule has 0 radical (unpaired) electrons. The van der Waals surface area contributed by atoms with Gasteiger partial charge >= 0.3 is 0 Å². The molecule has 15 heavy (non-hydrogen) atoms. The molecule has 0 bridgehead atoms.